The fraction of sp³-hybridized carbons (Fsp3) is 0.375. The maximum atomic E-state index is 12.9. The number of hydrogen-bond donors (Lipinski definition) is 2. The molecule has 1 amide bonds. The largest absolute Gasteiger partial charge is 0.386 e. The molecule has 0 spiro atoms. The lowest BCUT2D eigenvalue weighted by molar-refractivity contribution is 0.0855. The molecule has 2 N–H and O–H groups in total. The van der Waals surface area contributed by atoms with Crippen molar-refractivity contribution in [2.24, 2.45) is 0 Å². The molecule has 23 heavy (non-hydrogen) atoms. The molecule has 0 aliphatic carbocycles. The van der Waals surface area contributed by atoms with Gasteiger partial charge in [0.2, 0.25) is 0 Å². The zero-order valence-electron chi connectivity index (χ0n) is 13.5. The van der Waals surface area contributed by atoms with Gasteiger partial charge in [-0.1, -0.05) is 23.5 Å². The third kappa shape index (κ3) is 4.05. The fourth-order valence-electron chi connectivity index (χ4n) is 2.08. The molecule has 0 saturated heterocycles. The predicted octanol–water partition coefficient (Wildman–Crippen LogP) is 2.51. The maximum absolute atomic E-state index is 12.9. The lowest BCUT2D eigenvalue weighted by Crippen LogP contribution is -2.37. The number of benzene rings is 1. The number of aliphatic hydroxyl groups is 1. The lowest BCUT2D eigenvalue weighted by atomic mass is 10.0. The van der Waals surface area contributed by atoms with Crippen molar-refractivity contribution in [3.05, 3.63) is 46.2 Å². The van der Waals surface area contributed by atoms with Gasteiger partial charge in [0.15, 0.2) is 5.13 Å². The highest BCUT2D eigenvalue weighted by atomic mass is 32.1. The van der Waals surface area contributed by atoms with Gasteiger partial charge in [0.05, 0.1) is 17.8 Å². The Kier molecular flexibility index (Phi) is 5.33. The van der Waals surface area contributed by atoms with Crippen LogP contribution in [-0.2, 0) is 0 Å². The molecule has 2 unspecified atom stereocenters. The van der Waals surface area contributed by atoms with Gasteiger partial charge in [-0.05, 0) is 31.5 Å². The first kappa shape index (κ1) is 17.4. The van der Waals surface area contributed by atoms with Gasteiger partial charge in [0, 0.05) is 14.1 Å². The number of halogens is 1. The number of carbonyl (C=O) groups is 1. The number of thiazole rings is 1. The minimum atomic E-state index is -0.916. The summed E-state index contributed by atoms with van der Waals surface area (Å²) in [5, 5.41) is 13.8. The fourth-order valence-corrected chi connectivity index (χ4v) is 2.98. The Bertz CT molecular complexity index is 685. The number of anilines is 1. The molecule has 2 aromatic rings. The van der Waals surface area contributed by atoms with Crippen LogP contribution in [0.25, 0.3) is 0 Å². The summed E-state index contributed by atoms with van der Waals surface area (Å²) < 4.78 is 12.9. The molecule has 0 aliphatic heterocycles. The topological polar surface area (TPSA) is 65.5 Å². The Morgan fingerprint density at radius 2 is 1.96 bits per heavy atom. The van der Waals surface area contributed by atoms with E-state index in [1.54, 1.807) is 13.8 Å². The molecule has 0 saturated carbocycles. The highest BCUT2D eigenvalue weighted by Gasteiger charge is 2.22. The minimum Gasteiger partial charge on any atom is -0.386 e. The third-order valence-corrected chi connectivity index (χ3v) is 4.74. The molecule has 0 aliphatic rings. The Balaban J connectivity index is 2.08. The molecular formula is C16H20FN3O2S. The standard InChI is InChI=1S/C16H20FN3O2S/c1-9(13(21)11-5-7-12(17)8-6-11)18-15(22)14-10(2)19-16(23-14)20(3)4/h5-9,13,21H,1-4H3,(H,18,22). The van der Waals surface area contributed by atoms with E-state index in [0.717, 1.165) is 5.13 Å². The highest BCUT2D eigenvalue weighted by molar-refractivity contribution is 7.17. The van der Waals surface area contributed by atoms with Crippen LogP contribution in [0.15, 0.2) is 24.3 Å². The summed E-state index contributed by atoms with van der Waals surface area (Å²) in [4.78, 5) is 19.1. The van der Waals surface area contributed by atoms with Gasteiger partial charge in [0.1, 0.15) is 10.7 Å². The Morgan fingerprint density at radius 1 is 1.35 bits per heavy atom. The number of rotatable bonds is 5. The van der Waals surface area contributed by atoms with Gasteiger partial charge in [0.25, 0.3) is 5.91 Å². The predicted molar refractivity (Wildman–Crippen MR) is 89.5 cm³/mol. The summed E-state index contributed by atoms with van der Waals surface area (Å²) in [5.41, 5.74) is 1.20. The van der Waals surface area contributed by atoms with Crippen molar-refractivity contribution >= 4 is 22.4 Å². The van der Waals surface area contributed by atoms with Crippen LogP contribution < -0.4 is 10.2 Å². The summed E-state index contributed by atoms with van der Waals surface area (Å²) in [7, 11) is 3.72. The molecule has 2 atom stereocenters. The molecule has 124 valence electrons. The van der Waals surface area contributed by atoms with Crippen LogP contribution in [-0.4, -0.2) is 36.1 Å². The summed E-state index contributed by atoms with van der Waals surface area (Å²) >= 11 is 1.30. The van der Waals surface area contributed by atoms with E-state index in [1.165, 1.54) is 35.6 Å². The summed E-state index contributed by atoms with van der Waals surface area (Å²) in [6.07, 6.45) is -0.916. The minimum absolute atomic E-state index is 0.276. The molecule has 5 nitrogen and oxygen atoms in total. The smallest absolute Gasteiger partial charge is 0.263 e. The zero-order valence-corrected chi connectivity index (χ0v) is 14.3. The number of nitrogens with one attached hydrogen (secondary N) is 1. The van der Waals surface area contributed by atoms with Crippen molar-refractivity contribution in [2.75, 3.05) is 19.0 Å². The van der Waals surface area contributed by atoms with Crippen LogP contribution in [0.4, 0.5) is 9.52 Å². The number of aryl methyl sites for hydroxylation is 1. The van der Waals surface area contributed by atoms with Crippen molar-refractivity contribution in [2.45, 2.75) is 26.0 Å². The van der Waals surface area contributed by atoms with Crippen LogP contribution in [0.5, 0.6) is 0 Å². The summed E-state index contributed by atoms with van der Waals surface area (Å²) in [6.45, 7) is 3.48. The van der Waals surface area contributed by atoms with Crippen LogP contribution >= 0.6 is 11.3 Å². The lowest BCUT2D eigenvalue weighted by Gasteiger charge is -2.20. The monoisotopic (exact) mass is 337 g/mol. The number of aliphatic hydroxyl groups excluding tert-OH is 1. The molecule has 2 rings (SSSR count). The first-order valence-corrected chi connectivity index (χ1v) is 8.00. The second-order valence-electron chi connectivity index (χ2n) is 5.56. The van der Waals surface area contributed by atoms with Crippen molar-refractivity contribution < 1.29 is 14.3 Å². The second-order valence-corrected chi connectivity index (χ2v) is 6.54. The van der Waals surface area contributed by atoms with E-state index in [2.05, 4.69) is 10.3 Å². The van der Waals surface area contributed by atoms with E-state index < -0.39 is 12.1 Å². The molecule has 1 aromatic heterocycles. The second kappa shape index (κ2) is 7.06. The quantitative estimate of drug-likeness (QED) is 0.880. The van der Waals surface area contributed by atoms with Crippen molar-refractivity contribution in [3.8, 4) is 0 Å². The Labute approximate surface area is 138 Å². The number of amides is 1. The van der Waals surface area contributed by atoms with Gasteiger partial charge in [-0.25, -0.2) is 9.37 Å². The zero-order chi connectivity index (χ0) is 17.1. The first-order valence-electron chi connectivity index (χ1n) is 7.18. The van der Waals surface area contributed by atoms with E-state index in [4.69, 9.17) is 0 Å². The third-order valence-electron chi connectivity index (χ3n) is 3.42. The SMILES string of the molecule is Cc1nc(N(C)C)sc1C(=O)NC(C)C(O)c1ccc(F)cc1. The maximum Gasteiger partial charge on any atom is 0.263 e. The molecule has 0 fully saturated rings. The average Bonchev–Trinajstić information content (AvgIpc) is 2.89. The van der Waals surface area contributed by atoms with E-state index >= 15 is 0 Å². The molecule has 1 heterocycles. The van der Waals surface area contributed by atoms with Crippen LogP contribution in [0, 0.1) is 12.7 Å². The van der Waals surface area contributed by atoms with Crippen LogP contribution in [0.3, 0.4) is 0 Å². The van der Waals surface area contributed by atoms with Gasteiger partial charge >= 0.3 is 0 Å². The summed E-state index contributed by atoms with van der Waals surface area (Å²) in [6, 6.07) is 5.06. The van der Waals surface area contributed by atoms with Crippen molar-refractivity contribution in [1.29, 1.82) is 0 Å². The number of nitrogens with zero attached hydrogens (tertiary/aromatic N) is 2. The van der Waals surface area contributed by atoms with E-state index in [1.807, 2.05) is 19.0 Å². The highest BCUT2D eigenvalue weighted by Crippen LogP contribution is 2.25. The Morgan fingerprint density at radius 3 is 2.48 bits per heavy atom. The average molecular weight is 337 g/mol. The first-order chi connectivity index (χ1) is 10.8. The molecular weight excluding hydrogens is 317 g/mol. The van der Waals surface area contributed by atoms with E-state index in [-0.39, 0.29) is 11.7 Å². The normalized spacial score (nSPS) is 13.5. The van der Waals surface area contributed by atoms with Crippen molar-refractivity contribution in [3.63, 3.8) is 0 Å². The van der Waals surface area contributed by atoms with Gasteiger partial charge in [-0.15, -0.1) is 0 Å². The number of aromatic nitrogens is 1. The van der Waals surface area contributed by atoms with Gasteiger partial charge in [-0.3, -0.25) is 4.79 Å². The van der Waals surface area contributed by atoms with Crippen LogP contribution in [0.2, 0.25) is 0 Å². The number of carbonyl (C=O) groups excluding carboxylic acids is 1. The Hall–Kier alpha value is -1.99. The molecule has 1 aromatic carbocycles. The number of hydrogen-bond acceptors (Lipinski definition) is 5. The molecule has 0 bridgehead atoms. The van der Waals surface area contributed by atoms with E-state index in [9.17, 15) is 14.3 Å². The van der Waals surface area contributed by atoms with Gasteiger partial charge < -0.3 is 15.3 Å². The molecule has 7 heteroatoms. The van der Waals surface area contributed by atoms with Crippen molar-refractivity contribution in [1.82, 2.24) is 10.3 Å². The van der Waals surface area contributed by atoms with E-state index in [0.29, 0.717) is 16.1 Å². The molecule has 0 radical (unpaired) electrons. The summed E-state index contributed by atoms with van der Waals surface area (Å²) in [5.74, 6) is -0.643. The van der Waals surface area contributed by atoms with Gasteiger partial charge in [-0.2, -0.15) is 0 Å². The van der Waals surface area contributed by atoms with Crippen LogP contribution in [0.1, 0.15) is 34.0 Å².